The van der Waals surface area contributed by atoms with Crippen molar-refractivity contribution in [2.75, 3.05) is 26.7 Å². The van der Waals surface area contributed by atoms with Crippen molar-refractivity contribution in [2.45, 2.75) is 51.1 Å². The van der Waals surface area contributed by atoms with Crippen molar-refractivity contribution in [1.82, 2.24) is 9.80 Å². The van der Waals surface area contributed by atoms with Gasteiger partial charge in [-0.25, -0.2) is 0 Å². The van der Waals surface area contributed by atoms with Crippen LogP contribution in [-0.4, -0.2) is 54.5 Å². The fourth-order valence-corrected chi connectivity index (χ4v) is 2.60. The van der Waals surface area contributed by atoms with Gasteiger partial charge < -0.3 is 10.6 Å². The second kappa shape index (κ2) is 8.13. The Morgan fingerprint density at radius 1 is 1.37 bits per heavy atom. The van der Waals surface area contributed by atoms with Gasteiger partial charge in [-0.2, -0.15) is 5.26 Å². The Morgan fingerprint density at radius 3 is 2.53 bits per heavy atom. The molecule has 0 unspecified atom stereocenters. The predicted octanol–water partition coefficient (Wildman–Crippen LogP) is 0.950. The van der Waals surface area contributed by atoms with E-state index in [-0.39, 0.29) is 5.91 Å². The van der Waals surface area contributed by atoms with Crippen LogP contribution in [0.2, 0.25) is 0 Å². The van der Waals surface area contributed by atoms with E-state index in [2.05, 4.69) is 17.9 Å². The van der Waals surface area contributed by atoms with Crippen LogP contribution in [0.3, 0.4) is 0 Å². The summed E-state index contributed by atoms with van der Waals surface area (Å²) in [7, 11) is 1.77. The number of amides is 1. The first-order valence-corrected chi connectivity index (χ1v) is 7.19. The molecule has 0 radical (unpaired) electrons. The largest absolute Gasteiger partial charge is 0.344 e. The lowest BCUT2D eigenvalue weighted by Crippen LogP contribution is -2.46. The molecule has 1 aliphatic rings. The molecule has 1 aliphatic carbocycles. The van der Waals surface area contributed by atoms with Crippen molar-refractivity contribution in [3.63, 3.8) is 0 Å². The molecule has 1 amide bonds. The summed E-state index contributed by atoms with van der Waals surface area (Å²) in [6.07, 6.45) is 4.68. The Morgan fingerprint density at radius 2 is 2.00 bits per heavy atom. The van der Waals surface area contributed by atoms with Gasteiger partial charge in [-0.05, 0) is 32.2 Å². The van der Waals surface area contributed by atoms with Crippen LogP contribution in [0.15, 0.2) is 0 Å². The highest BCUT2D eigenvalue weighted by atomic mass is 16.2. The highest BCUT2D eigenvalue weighted by Crippen LogP contribution is 2.21. The molecule has 1 saturated carbocycles. The molecule has 0 aromatic heterocycles. The standard InChI is InChI=1S/C14H26N4O/c1-3-18(13-7-5-12(16)6-8-13)11-14(19)17(2)10-4-9-15/h12-13H,3-8,10-11,16H2,1-2H3. The smallest absolute Gasteiger partial charge is 0.236 e. The number of carbonyl (C=O) groups excluding carboxylic acids is 1. The van der Waals surface area contributed by atoms with E-state index in [0.29, 0.717) is 31.6 Å². The lowest BCUT2D eigenvalue weighted by molar-refractivity contribution is -0.131. The van der Waals surface area contributed by atoms with Gasteiger partial charge >= 0.3 is 0 Å². The van der Waals surface area contributed by atoms with Gasteiger partial charge in [0.05, 0.1) is 19.0 Å². The van der Waals surface area contributed by atoms with Gasteiger partial charge in [0.1, 0.15) is 0 Å². The van der Waals surface area contributed by atoms with Crippen molar-refractivity contribution < 1.29 is 4.79 Å². The van der Waals surface area contributed by atoms with Gasteiger partial charge in [0.2, 0.25) is 5.91 Å². The van der Waals surface area contributed by atoms with Crippen molar-refractivity contribution in [2.24, 2.45) is 5.73 Å². The molecule has 5 heteroatoms. The Hall–Kier alpha value is -1.12. The normalized spacial score (nSPS) is 23.1. The van der Waals surface area contributed by atoms with E-state index in [0.717, 1.165) is 32.2 Å². The second-order valence-corrected chi connectivity index (χ2v) is 5.36. The maximum absolute atomic E-state index is 12.1. The lowest BCUT2D eigenvalue weighted by atomic mass is 9.90. The maximum atomic E-state index is 12.1. The van der Waals surface area contributed by atoms with Gasteiger partial charge in [0.15, 0.2) is 0 Å². The van der Waals surface area contributed by atoms with E-state index in [4.69, 9.17) is 11.0 Å². The van der Waals surface area contributed by atoms with E-state index in [1.807, 2.05) is 0 Å². The van der Waals surface area contributed by atoms with E-state index in [1.54, 1.807) is 11.9 Å². The van der Waals surface area contributed by atoms with Crippen LogP contribution in [0.25, 0.3) is 0 Å². The van der Waals surface area contributed by atoms with Crippen molar-refractivity contribution >= 4 is 5.91 Å². The molecule has 1 rings (SSSR count). The lowest BCUT2D eigenvalue weighted by Gasteiger charge is -2.35. The number of hydrogen-bond donors (Lipinski definition) is 1. The molecular formula is C14H26N4O. The van der Waals surface area contributed by atoms with E-state index >= 15 is 0 Å². The number of nitrogens with two attached hydrogens (primary N) is 1. The topological polar surface area (TPSA) is 73.4 Å². The molecule has 2 N–H and O–H groups in total. The summed E-state index contributed by atoms with van der Waals surface area (Å²) in [4.78, 5) is 16.0. The summed E-state index contributed by atoms with van der Waals surface area (Å²) < 4.78 is 0. The highest BCUT2D eigenvalue weighted by Gasteiger charge is 2.25. The predicted molar refractivity (Wildman–Crippen MR) is 75.3 cm³/mol. The van der Waals surface area contributed by atoms with E-state index in [1.165, 1.54) is 0 Å². The average molecular weight is 266 g/mol. The number of likely N-dealkylation sites (N-methyl/N-ethyl adjacent to an activating group) is 2. The van der Waals surface area contributed by atoms with Gasteiger partial charge in [-0.15, -0.1) is 0 Å². The first-order valence-electron chi connectivity index (χ1n) is 7.19. The number of nitriles is 1. The summed E-state index contributed by atoms with van der Waals surface area (Å²) in [5.74, 6) is 0.104. The summed E-state index contributed by atoms with van der Waals surface area (Å²) in [5, 5.41) is 8.54. The third-order valence-corrected chi connectivity index (χ3v) is 3.99. The maximum Gasteiger partial charge on any atom is 0.236 e. The SMILES string of the molecule is CCN(CC(=O)N(C)CCC#N)C1CCC(N)CC1. The molecule has 0 aliphatic heterocycles. The fourth-order valence-electron chi connectivity index (χ4n) is 2.60. The molecule has 19 heavy (non-hydrogen) atoms. The minimum atomic E-state index is 0.104. The third-order valence-electron chi connectivity index (χ3n) is 3.99. The Labute approximate surface area is 116 Å². The van der Waals surface area contributed by atoms with Crippen LogP contribution in [0, 0.1) is 11.3 Å². The highest BCUT2D eigenvalue weighted by molar-refractivity contribution is 5.78. The molecular weight excluding hydrogens is 240 g/mol. The molecule has 1 fully saturated rings. The van der Waals surface area contributed by atoms with Gasteiger partial charge in [0, 0.05) is 25.7 Å². The molecule has 0 aromatic rings. The quantitative estimate of drug-likeness (QED) is 0.777. The zero-order valence-electron chi connectivity index (χ0n) is 12.1. The number of carbonyl (C=O) groups is 1. The van der Waals surface area contributed by atoms with E-state index < -0.39 is 0 Å². The number of hydrogen-bond acceptors (Lipinski definition) is 4. The van der Waals surface area contributed by atoms with Gasteiger partial charge in [-0.3, -0.25) is 9.69 Å². The molecule has 0 heterocycles. The number of nitrogens with zero attached hydrogens (tertiary/aromatic N) is 3. The first kappa shape index (κ1) is 15.9. The number of rotatable bonds is 6. The molecule has 0 aromatic carbocycles. The minimum absolute atomic E-state index is 0.104. The molecule has 5 nitrogen and oxygen atoms in total. The molecule has 0 saturated heterocycles. The third kappa shape index (κ3) is 5.17. The Balaban J connectivity index is 2.43. The molecule has 0 atom stereocenters. The minimum Gasteiger partial charge on any atom is -0.344 e. The average Bonchev–Trinajstić information content (AvgIpc) is 2.42. The van der Waals surface area contributed by atoms with Crippen LogP contribution in [0.4, 0.5) is 0 Å². The Kier molecular flexibility index (Phi) is 6.82. The summed E-state index contributed by atoms with van der Waals surface area (Å²) in [6.45, 7) is 3.95. The monoisotopic (exact) mass is 266 g/mol. The van der Waals surface area contributed by atoms with Crippen LogP contribution in [0.1, 0.15) is 39.0 Å². The van der Waals surface area contributed by atoms with E-state index in [9.17, 15) is 4.79 Å². The Bertz CT molecular complexity index is 318. The molecule has 0 spiro atoms. The van der Waals surface area contributed by atoms with Gasteiger partial charge in [-0.1, -0.05) is 6.92 Å². The van der Waals surface area contributed by atoms with Crippen LogP contribution in [0.5, 0.6) is 0 Å². The van der Waals surface area contributed by atoms with Crippen molar-refractivity contribution in [3.8, 4) is 6.07 Å². The molecule has 108 valence electrons. The summed E-state index contributed by atoms with van der Waals surface area (Å²) in [5.41, 5.74) is 5.92. The zero-order valence-corrected chi connectivity index (χ0v) is 12.1. The van der Waals surface area contributed by atoms with Crippen LogP contribution < -0.4 is 5.73 Å². The van der Waals surface area contributed by atoms with Gasteiger partial charge in [0.25, 0.3) is 0 Å². The van der Waals surface area contributed by atoms with Crippen molar-refractivity contribution in [3.05, 3.63) is 0 Å². The van der Waals surface area contributed by atoms with Crippen molar-refractivity contribution in [1.29, 1.82) is 5.26 Å². The fraction of sp³-hybridized carbons (Fsp3) is 0.857. The summed E-state index contributed by atoms with van der Waals surface area (Å²) in [6, 6.07) is 2.89. The zero-order chi connectivity index (χ0) is 14.3. The van der Waals surface area contributed by atoms with Crippen LogP contribution in [-0.2, 0) is 4.79 Å². The summed E-state index contributed by atoms with van der Waals surface area (Å²) >= 11 is 0. The second-order valence-electron chi connectivity index (χ2n) is 5.36. The first-order chi connectivity index (χ1) is 9.08. The molecule has 0 bridgehead atoms. The van der Waals surface area contributed by atoms with Crippen LogP contribution >= 0.6 is 0 Å².